The predicted molar refractivity (Wildman–Crippen MR) is 119 cm³/mol. The van der Waals surface area contributed by atoms with Crippen molar-refractivity contribution in [2.45, 2.75) is 6.18 Å². The van der Waals surface area contributed by atoms with Crippen LogP contribution >= 0.6 is 0 Å². The van der Waals surface area contributed by atoms with Gasteiger partial charge in [0.1, 0.15) is 5.75 Å². The molecule has 0 atom stereocenters. The second-order valence-electron chi connectivity index (χ2n) is 7.61. The zero-order chi connectivity index (χ0) is 23.0. The monoisotopic (exact) mass is 438 g/mol. The number of fused-ring (bicyclic) bond motifs is 1. The average Bonchev–Trinajstić information content (AvgIpc) is 3.17. The molecule has 0 saturated carbocycles. The van der Waals surface area contributed by atoms with Crippen LogP contribution in [0.5, 0.6) is 5.75 Å². The summed E-state index contributed by atoms with van der Waals surface area (Å²) in [4.78, 5) is 15.2. The van der Waals surface area contributed by atoms with Crippen LogP contribution in [0.3, 0.4) is 0 Å². The minimum absolute atomic E-state index is 0.283. The molecule has 2 aromatic carbocycles. The van der Waals surface area contributed by atoms with Gasteiger partial charge in [0.05, 0.1) is 23.9 Å². The third-order valence-electron chi connectivity index (χ3n) is 5.38. The molecule has 0 aliphatic heterocycles. The van der Waals surface area contributed by atoms with Gasteiger partial charge in [-0.1, -0.05) is 12.1 Å². The summed E-state index contributed by atoms with van der Waals surface area (Å²) >= 11 is 0. The number of hydrogen-bond donors (Lipinski definition) is 0. The Morgan fingerprint density at radius 2 is 1.59 bits per heavy atom. The van der Waals surface area contributed by atoms with Gasteiger partial charge in [-0.2, -0.15) is 13.2 Å². The summed E-state index contributed by atoms with van der Waals surface area (Å²) in [5.74, 6) is 0.316. The first-order valence-electron chi connectivity index (χ1n) is 9.88. The van der Waals surface area contributed by atoms with Crippen molar-refractivity contribution in [3.63, 3.8) is 0 Å². The molecule has 0 aliphatic carbocycles. The van der Waals surface area contributed by atoms with Gasteiger partial charge >= 0.3 is 6.18 Å². The highest BCUT2D eigenvalue weighted by Gasteiger charge is 2.31. The molecule has 7 heteroatoms. The van der Waals surface area contributed by atoms with Gasteiger partial charge in [-0.3, -0.25) is 4.79 Å². The van der Waals surface area contributed by atoms with Gasteiger partial charge in [-0.25, -0.2) is 0 Å². The number of benzene rings is 2. The van der Waals surface area contributed by atoms with Crippen molar-refractivity contribution in [1.29, 1.82) is 0 Å². The van der Waals surface area contributed by atoms with Crippen molar-refractivity contribution in [2.75, 3.05) is 26.1 Å². The smallest absolute Gasteiger partial charge is 0.416 e. The Hall–Kier alpha value is -3.74. The molecule has 0 unspecified atom stereocenters. The fourth-order valence-corrected chi connectivity index (χ4v) is 3.61. The van der Waals surface area contributed by atoms with Crippen LogP contribution in [0, 0.1) is 0 Å². The molecule has 0 radical (unpaired) electrons. The van der Waals surface area contributed by atoms with E-state index in [2.05, 4.69) is 0 Å². The fraction of sp³-hybridized carbons (Fsp3) is 0.160. The van der Waals surface area contributed by atoms with Gasteiger partial charge in [0.2, 0.25) is 5.78 Å². The largest absolute Gasteiger partial charge is 0.497 e. The number of ether oxygens (including phenoxy) is 1. The SMILES string of the molecule is COc1ccc(C(=O)c2cc(-c3ccc(N(C)C)cc3)c3cc(C(F)(F)F)ccn23)cc1. The van der Waals surface area contributed by atoms with Crippen LogP contribution < -0.4 is 9.64 Å². The van der Waals surface area contributed by atoms with Gasteiger partial charge in [-0.05, 0) is 60.2 Å². The third kappa shape index (κ3) is 3.93. The maximum absolute atomic E-state index is 13.4. The van der Waals surface area contributed by atoms with Crippen molar-refractivity contribution < 1.29 is 22.7 Å². The zero-order valence-electron chi connectivity index (χ0n) is 17.8. The van der Waals surface area contributed by atoms with Crippen LogP contribution in [0.4, 0.5) is 18.9 Å². The molecule has 0 N–H and O–H groups in total. The van der Waals surface area contributed by atoms with Crippen LogP contribution in [0.2, 0.25) is 0 Å². The highest BCUT2D eigenvalue weighted by Crippen LogP contribution is 2.35. The van der Waals surface area contributed by atoms with Crippen molar-refractivity contribution in [3.05, 3.63) is 89.7 Å². The number of aromatic nitrogens is 1. The summed E-state index contributed by atoms with van der Waals surface area (Å²) in [5.41, 5.74) is 2.49. The summed E-state index contributed by atoms with van der Waals surface area (Å²) in [6.45, 7) is 0. The quantitative estimate of drug-likeness (QED) is 0.362. The number of anilines is 1. The lowest BCUT2D eigenvalue weighted by molar-refractivity contribution is -0.137. The van der Waals surface area contributed by atoms with Crippen molar-refractivity contribution in [2.24, 2.45) is 0 Å². The van der Waals surface area contributed by atoms with Gasteiger partial charge in [-0.15, -0.1) is 0 Å². The average molecular weight is 438 g/mol. The van der Waals surface area contributed by atoms with Gasteiger partial charge < -0.3 is 14.0 Å². The Labute approximate surface area is 183 Å². The van der Waals surface area contributed by atoms with Crippen LogP contribution in [0.1, 0.15) is 21.6 Å². The van der Waals surface area contributed by atoms with Crippen molar-refractivity contribution in [3.8, 4) is 16.9 Å². The molecule has 164 valence electrons. The van der Waals surface area contributed by atoms with E-state index < -0.39 is 11.7 Å². The first-order chi connectivity index (χ1) is 15.2. The van der Waals surface area contributed by atoms with E-state index in [4.69, 9.17) is 4.74 Å². The summed E-state index contributed by atoms with van der Waals surface area (Å²) in [6.07, 6.45) is -3.19. The summed E-state index contributed by atoms with van der Waals surface area (Å²) in [5, 5.41) is 0. The lowest BCUT2D eigenvalue weighted by Gasteiger charge is -2.13. The van der Waals surface area contributed by atoms with Gasteiger partial charge in [0.25, 0.3) is 0 Å². The molecule has 4 rings (SSSR count). The molecule has 4 nitrogen and oxygen atoms in total. The van der Waals surface area contributed by atoms with Crippen LogP contribution in [-0.2, 0) is 6.18 Å². The molecule has 0 bridgehead atoms. The normalized spacial score (nSPS) is 11.6. The number of carbonyl (C=O) groups excluding carboxylic acids is 1. The molecule has 0 amide bonds. The lowest BCUT2D eigenvalue weighted by atomic mass is 10.0. The Bertz CT molecular complexity index is 1270. The highest BCUT2D eigenvalue weighted by atomic mass is 19.4. The number of nitrogens with zero attached hydrogens (tertiary/aromatic N) is 2. The summed E-state index contributed by atoms with van der Waals surface area (Å²) < 4.78 is 46.8. The van der Waals surface area contributed by atoms with Crippen LogP contribution in [0.25, 0.3) is 16.6 Å². The zero-order valence-corrected chi connectivity index (χ0v) is 17.8. The van der Waals surface area contributed by atoms with Gasteiger partial charge in [0, 0.05) is 37.1 Å². The van der Waals surface area contributed by atoms with E-state index in [-0.39, 0.29) is 11.5 Å². The Kier molecular flexibility index (Phi) is 5.42. The summed E-state index contributed by atoms with van der Waals surface area (Å²) in [6, 6.07) is 17.8. The minimum Gasteiger partial charge on any atom is -0.497 e. The maximum Gasteiger partial charge on any atom is 0.416 e. The molecular formula is C25H21F3N2O2. The van der Waals surface area contributed by atoms with E-state index in [9.17, 15) is 18.0 Å². The number of methoxy groups -OCH3 is 1. The number of hydrogen-bond acceptors (Lipinski definition) is 3. The molecular weight excluding hydrogens is 417 g/mol. The van der Waals surface area contributed by atoms with Gasteiger partial charge in [0.15, 0.2) is 0 Å². The molecule has 4 aromatic rings. The Morgan fingerprint density at radius 1 is 0.938 bits per heavy atom. The molecule has 32 heavy (non-hydrogen) atoms. The number of rotatable bonds is 5. The molecule has 2 heterocycles. The van der Waals surface area contributed by atoms with Crippen LogP contribution in [-0.4, -0.2) is 31.4 Å². The number of carbonyl (C=O) groups is 1. The summed E-state index contributed by atoms with van der Waals surface area (Å²) in [7, 11) is 5.34. The minimum atomic E-state index is -4.49. The van der Waals surface area contributed by atoms with E-state index in [1.807, 2.05) is 43.3 Å². The van der Waals surface area contributed by atoms with E-state index >= 15 is 0 Å². The van der Waals surface area contributed by atoms with Crippen molar-refractivity contribution in [1.82, 2.24) is 4.40 Å². The van der Waals surface area contributed by atoms with Crippen molar-refractivity contribution >= 4 is 17.0 Å². The molecule has 0 fully saturated rings. The molecule has 0 aliphatic rings. The van der Waals surface area contributed by atoms with E-state index in [1.165, 1.54) is 17.7 Å². The second-order valence-corrected chi connectivity index (χ2v) is 7.61. The molecule has 2 aromatic heterocycles. The number of ketones is 1. The highest BCUT2D eigenvalue weighted by molar-refractivity contribution is 6.10. The first kappa shape index (κ1) is 21.5. The third-order valence-corrected chi connectivity index (χ3v) is 5.38. The van der Waals surface area contributed by atoms with E-state index in [1.54, 1.807) is 30.3 Å². The number of alkyl halides is 3. The Morgan fingerprint density at radius 3 is 2.16 bits per heavy atom. The van der Waals surface area contributed by atoms with Crippen LogP contribution in [0.15, 0.2) is 72.9 Å². The molecule has 0 spiro atoms. The Balaban J connectivity index is 1.89. The second kappa shape index (κ2) is 8.07. The first-order valence-corrected chi connectivity index (χ1v) is 9.88. The standard InChI is InChI=1S/C25H21F3N2O2/c1-29(2)19-8-4-16(5-9-19)21-15-23(24(31)17-6-10-20(32-3)11-7-17)30-13-12-18(14-22(21)30)25(26,27)28/h4-15H,1-3H3. The number of halogens is 3. The fourth-order valence-electron chi connectivity index (χ4n) is 3.61. The lowest BCUT2D eigenvalue weighted by Crippen LogP contribution is -2.08. The maximum atomic E-state index is 13.4. The topological polar surface area (TPSA) is 34.0 Å². The predicted octanol–water partition coefficient (Wildman–Crippen LogP) is 5.93. The van der Waals surface area contributed by atoms with E-state index in [0.717, 1.165) is 23.4 Å². The number of pyridine rings is 1. The van der Waals surface area contributed by atoms with E-state index in [0.29, 0.717) is 22.4 Å². The molecule has 0 saturated heterocycles.